The minimum atomic E-state index is 0.567. The van der Waals surface area contributed by atoms with Gasteiger partial charge in [-0.25, -0.2) is 0 Å². The Morgan fingerprint density at radius 1 is 1.12 bits per heavy atom. The third-order valence-electron chi connectivity index (χ3n) is 3.53. The maximum atomic E-state index is 5.47. The van der Waals surface area contributed by atoms with Crippen molar-refractivity contribution in [1.29, 1.82) is 0 Å². The zero-order valence-corrected chi connectivity index (χ0v) is 16.0. The van der Waals surface area contributed by atoms with Crippen molar-refractivity contribution >= 4 is 5.96 Å². The Kier molecular flexibility index (Phi) is 10.4. The molecule has 0 amide bonds. The molecular formula is C18H31N3O4. The summed E-state index contributed by atoms with van der Waals surface area (Å²) in [5.41, 5.74) is 1.06. The van der Waals surface area contributed by atoms with Crippen LogP contribution in [0.4, 0.5) is 0 Å². The Labute approximate surface area is 150 Å². The molecule has 7 nitrogen and oxygen atoms in total. The fraction of sp³-hybridized carbons (Fsp3) is 0.611. The van der Waals surface area contributed by atoms with Gasteiger partial charge < -0.3 is 29.2 Å². The number of nitrogens with zero attached hydrogens (tertiary/aromatic N) is 2. The van der Waals surface area contributed by atoms with E-state index < -0.39 is 0 Å². The van der Waals surface area contributed by atoms with Crippen LogP contribution in [0.2, 0.25) is 0 Å². The van der Waals surface area contributed by atoms with Crippen LogP contribution >= 0.6 is 0 Å². The molecule has 0 radical (unpaired) electrons. The van der Waals surface area contributed by atoms with Gasteiger partial charge in [0.2, 0.25) is 0 Å². The monoisotopic (exact) mass is 353 g/mol. The largest absolute Gasteiger partial charge is 0.497 e. The number of aliphatic imine (C=N–C) groups is 1. The third kappa shape index (κ3) is 7.62. The van der Waals surface area contributed by atoms with Gasteiger partial charge in [0.1, 0.15) is 11.5 Å². The molecule has 7 heteroatoms. The zero-order valence-electron chi connectivity index (χ0n) is 16.0. The molecule has 1 rings (SSSR count). The molecule has 0 heterocycles. The standard InChI is InChI=1S/C18H31N3O4/c1-6-19-18(20-9-10-25-12-11-22-3)21(2)14-15-7-8-16(23-4)13-17(15)24-5/h7-8,13H,6,9-12,14H2,1-5H3,(H,19,20). The summed E-state index contributed by atoms with van der Waals surface area (Å²) in [6.07, 6.45) is 0. The molecule has 1 aromatic carbocycles. The molecule has 0 saturated carbocycles. The fourth-order valence-corrected chi connectivity index (χ4v) is 2.24. The average molecular weight is 353 g/mol. The highest BCUT2D eigenvalue weighted by molar-refractivity contribution is 5.79. The van der Waals surface area contributed by atoms with Crippen molar-refractivity contribution in [2.75, 3.05) is 61.3 Å². The Balaban J connectivity index is 2.67. The molecule has 0 aliphatic rings. The lowest BCUT2D eigenvalue weighted by molar-refractivity contribution is 0.0747. The zero-order chi connectivity index (χ0) is 18.5. The SMILES string of the molecule is CCNC(=NCCOCCOC)N(C)Cc1ccc(OC)cc1OC. The van der Waals surface area contributed by atoms with E-state index >= 15 is 0 Å². The molecule has 0 aliphatic carbocycles. The predicted molar refractivity (Wildman–Crippen MR) is 99.7 cm³/mol. The summed E-state index contributed by atoms with van der Waals surface area (Å²) in [6.45, 7) is 5.86. The molecule has 0 bridgehead atoms. The maximum Gasteiger partial charge on any atom is 0.194 e. The predicted octanol–water partition coefficient (Wildman–Crippen LogP) is 1.76. The lowest BCUT2D eigenvalue weighted by Crippen LogP contribution is -2.38. The molecule has 0 saturated heterocycles. The number of benzene rings is 1. The molecule has 0 fully saturated rings. The van der Waals surface area contributed by atoms with Crippen LogP contribution in [-0.4, -0.2) is 72.1 Å². The highest BCUT2D eigenvalue weighted by Crippen LogP contribution is 2.25. The van der Waals surface area contributed by atoms with Crippen LogP contribution in [0.3, 0.4) is 0 Å². The Morgan fingerprint density at radius 3 is 2.56 bits per heavy atom. The molecule has 1 N–H and O–H groups in total. The van der Waals surface area contributed by atoms with Crippen LogP contribution < -0.4 is 14.8 Å². The lowest BCUT2D eigenvalue weighted by Gasteiger charge is -2.23. The Morgan fingerprint density at radius 2 is 1.92 bits per heavy atom. The van der Waals surface area contributed by atoms with Gasteiger partial charge in [-0.1, -0.05) is 0 Å². The van der Waals surface area contributed by atoms with Gasteiger partial charge in [0.05, 0.1) is 40.6 Å². The molecule has 1 aromatic rings. The topological polar surface area (TPSA) is 64.6 Å². The van der Waals surface area contributed by atoms with E-state index in [-0.39, 0.29) is 0 Å². The van der Waals surface area contributed by atoms with Crippen LogP contribution in [0.25, 0.3) is 0 Å². The summed E-state index contributed by atoms with van der Waals surface area (Å²) in [4.78, 5) is 6.66. The van der Waals surface area contributed by atoms with Gasteiger partial charge in [-0.05, 0) is 19.1 Å². The van der Waals surface area contributed by atoms with Gasteiger partial charge in [-0.3, -0.25) is 4.99 Å². The van der Waals surface area contributed by atoms with E-state index in [0.29, 0.717) is 32.9 Å². The van der Waals surface area contributed by atoms with E-state index in [0.717, 1.165) is 29.6 Å². The first kappa shape index (κ1) is 21.1. The molecule has 0 atom stereocenters. The molecule has 25 heavy (non-hydrogen) atoms. The molecular weight excluding hydrogens is 322 g/mol. The second kappa shape index (κ2) is 12.4. The van der Waals surface area contributed by atoms with E-state index in [2.05, 4.69) is 15.2 Å². The van der Waals surface area contributed by atoms with Crippen LogP contribution in [0.1, 0.15) is 12.5 Å². The van der Waals surface area contributed by atoms with Crippen molar-refractivity contribution in [3.8, 4) is 11.5 Å². The quantitative estimate of drug-likeness (QED) is 0.372. The van der Waals surface area contributed by atoms with Crippen LogP contribution in [0.5, 0.6) is 11.5 Å². The van der Waals surface area contributed by atoms with E-state index in [1.54, 1.807) is 21.3 Å². The molecule has 0 aliphatic heterocycles. The highest BCUT2D eigenvalue weighted by Gasteiger charge is 2.11. The number of ether oxygens (including phenoxy) is 4. The van der Waals surface area contributed by atoms with E-state index in [9.17, 15) is 0 Å². The molecule has 142 valence electrons. The van der Waals surface area contributed by atoms with E-state index in [1.165, 1.54) is 0 Å². The summed E-state index contributed by atoms with van der Waals surface area (Å²) < 4.78 is 21.1. The summed E-state index contributed by atoms with van der Waals surface area (Å²) in [5.74, 6) is 2.40. The molecule has 0 aromatic heterocycles. The van der Waals surface area contributed by atoms with Gasteiger partial charge in [-0.15, -0.1) is 0 Å². The minimum absolute atomic E-state index is 0.567. The summed E-state index contributed by atoms with van der Waals surface area (Å²) in [5, 5.41) is 3.29. The van der Waals surface area contributed by atoms with E-state index in [4.69, 9.17) is 18.9 Å². The van der Waals surface area contributed by atoms with Crippen molar-refractivity contribution in [3.63, 3.8) is 0 Å². The second-order valence-electron chi connectivity index (χ2n) is 5.37. The normalized spacial score (nSPS) is 11.3. The fourth-order valence-electron chi connectivity index (χ4n) is 2.24. The van der Waals surface area contributed by atoms with Gasteiger partial charge in [0.15, 0.2) is 5.96 Å². The molecule has 0 spiro atoms. The van der Waals surface area contributed by atoms with Crippen molar-refractivity contribution < 1.29 is 18.9 Å². The van der Waals surface area contributed by atoms with Crippen LogP contribution in [-0.2, 0) is 16.0 Å². The number of hydrogen-bond donors (Lipinski definition) is 1. The van der Waals surface area contributed by atoms with E-state index in [1.807, 2.05) is 32.2 Å². The second-order valence-corrected chi connectivity index (χ2v) is 5.37. The van der Waals surface area contributed by atoms with Crippen molar-refractivity contribution in [1.82, 2.24) is 10.2 Å². The maximum absolute atomic E-state index is 5.47. The Hall–Kier alpha value is -1.99. The van der Waals surface area contributed by atoms with Gasteiger partial charge in [0.25, 0.3) is 0 Å². The lowest BCUT2D eigenvalue weighted by atomic mass is 10.2. The average Bonchev–Trinajstić information content (AvgIpc) is 2.63. The number of methoxy groups -OCH3 is 3. The summed E-state index contributed by atoms with van der Waals surface area (Å²) in [6, 6.07) is 5.82. The van der Waals surface area contributed by atoms with Gasteiger partial charge in [0, 0.05) is 38.9 Å². The van der Waals surface area contributed by atoms with Crippen LogP contribution in [0, 0.1) is 0 Å². The van der Waals surface area contributed by atoms with Crippen LogP contribution in [0.15, 0.2) is 23.2 Å². The Bertz CT molecular complexity index is 523. The van der Waals surface area contributed by atoms with Crippen molar-refractivity contribution in [2.24, 2.45) is 4.99 Å². The number of nitrogens with one attached hydrogen (secondary N) is 1. The number of rotatable bonds is 11. The van der Waals surface area contributed by atoms with Crippen molar-refractivity contribution in [2.45, 2.75) is 13.5 Å². The first-order valence-corrected chi connectivity index (χ1v) is 8.43. The minimum Gasteiger partial charge on any atom is -0.497 e. The summed E-state index contributed by atoms with van der Waals surface area (Å²) >= 11 is 0. The summed E-state index contributed by atoms with van der Waals surface area (Å²) in [7, 11) is 6.96. The first-order chi connectivity index (χ1) is 12.2. The smallest absolute Gasteiger partial charge is 0.194 e. The molecule has 0 unspecified atom stereocenters. The number of guanidine groups is 1. The first-order valence-electron chi connectivity index (χ1n) is 8.43. The third-order valence-corrected chi connectivity index (χ3v) is 3.53. The van der Waals surface area contributed by atoms with Gasteiger partial charge in [-0.2, -0.15) is 0 Å². The number of hydrogen-bond acceptors (Lipinski definition) is 5. The highest BCUT2D eigenvalue weighted by atomic mass is 16.5. The van der Waals surface area contributed by atoms with Gasteiger partial charge >= 0.3 is 0 Å². The van der Waals surface area contributed by atoms with Crippen molar-refractivity contribution in [3.05, 3.63) is 23.8 Å².